The van der Waals surface area contributed by atoms with Gasteiger partial charge < -0.3 is 4.74 Å². The van der Waals surface area contributed by atoms with Crippen molar-refractivity contribution >= 4 is 33.1 Å². The van der Waals surface area contributed by atoms with E-state index in [-0.39, 0.29) is 16.4 Å². The summed E-state index contributed by atoms with van der Waals surface area (Å²) >= 11 is 6.01. The quantitative estimate of drug-likeness (QED) is 0.832. The van der Waals surface area contributed by atoms with Crippen LogP contribution in [0.4, 0.5) is 5.69 Å². The number of carbonyl (C=O) groups is 1. The summed E-state index contributed by atoms with van der Waals surface area (Å²) in [4.78, 5) is 11.4. The number of nitrogens with one attached hydrogen (secondary N) is 1. The van der Waals surface area contributed by atoms with E-state index in [9.17, 15) is 13.2 Å². The maximum absolute atomic E-state index is 12.5. The Labute approximate surface area is 140 Å². The van der Waals surface area contributed by atoms with Gasteiger partial charge in [0.25, 0.3) is 10.0 Å². The number of aryl methyl sites for hydroxylation is 1. The van der Waals surface area contributed by atoms with Crippen molar-refractivity contribution in [2.75, 3.05) is 11.8 Å². The third kappa shape index (κ3) is 3.83. The maximum atomic E-state index is 12.5. The lowest BCUT2D eigenvalue weighted by Gasteiger charge is -2.14. The number of anilines is 1. The molecule has 7 heteroatoms. The molecule has 23 heavy (non-hydrogen) atoms. The van der Waals surface area contributed by atoms with Crippen LogP contribution in [0.5, 0.6) is 5.75 Å². The average molecular weight is 354 g/mol. The summed E-state index contributed by atoms with van der Waals surface area (Å²) in [6.07, 6.45) is 0. The van der Waals surface area contributed by atoms with Gasteiger partial charge in [-0.1, -0.05) is 23.7 Å². The van der Waals surface area contributed by atoms with Crippen LogP contribution in [0.15, 0.2) is 41.3 Å². The summed E-state index contributed by atoms with van der Waals surface area (Å²) in [5.74, 6) is 0.105. The molecule has 122 valence electrons. The van der Waals surface area contributed by atoms with Gasteiger partial charge in [-0.05, 0) is 37.6 Å². The van der Waals surface area contributed by atoms with Crippen LogP contribution in [-0.4, -0.2) is 21.3 Å². The fourth-order valence-corrected chi connectivity index (χ4v) is 3.26. The van der Waals surface area contributed by atoms with Gasteiger partial charge in [0, 0.05) is 16.7 Å². The molecular formula is C16H16ClNO4S. The van der Waals surface area contributed by atoms with Crippen LogP contribution in [0.2, 0.25) is 5.02 Å². The van der Waals surface area contributed by atoms with E-state index >= 15 is 0 Å². The van der Waals surface area contributed by atoms with Crippen LogP contribution in [0.3, 0.4) is 0 Å². The molecule has 0 bridgehead atoms. The van der Waals surface area contributed by atoms with Gasteiger partial charge in [0.2, 0.25) is 0 Å². The van der Waals surface area contributed by atoms with Crippen molar-refractivity contribution in [1.29, 1.82) is 0 Å². The van der Waals surface area contributed by atoms with E-state index in [1.807, 2.05) is 0 Å². The first-order chi connectivity index (χ1) is 10.7. The maximum Gasteiger partial charge on any atom is 0.262 e. The number of ether oxygens (including phenoxy) is 1. The average Bonchev–Trinajstić information content (AvgIpc) is 2.50. The van der Waals surface area contributed by atoms with Crippen LogP contribution in [0.1, 0.15) is 22.8 Å². The molecule has 0 amide bonds. The Morgan fingerprint density at radius 1 is 1.22 bits per heavy atom. The fraction of sp³-hybridized carbons (Fsp3) is 0.188. The predicted octanol–water partition coefficient (Wildman–Crippen LogP) is 3.66. The van der Waals surface area contributed by atoms with Crippen LogP contribution < -0.4 is 9.46 Å². The van der Waals surface area contributed by atoms with Crippen molar-refractivity contribution in [1.82, 2.24) is 0 Å². The largest absolute Gasteiger partial charge is 0.495 e. The molecule has 0 saturated heterocycles. The molecule has 0 atom stereocenters. The highest BCUT2D eigenvalue weighted by molar-refractivity contribution is 7.92. The number of hydrogen-bond acceptors (Lipinski definition) is 4. The minimum Gasteiger partial charge on any atom is -0.495 e. The van der Waals surface area contributed by atoms with Crippen LogP contribution in [0, 0.1) is 6.92 Å². The highest BCUT2D eigenvalue weighted by Gasteiger charge is 2.18. The van der Waals surface area contributed by atoms with Crippen molar-refractivity contribution in [3.05, 3.63) is 52.5 Å². The van der Waals surface area contributed by atoms with E-state index in [0.29, 0.717) is 21.9 Å². The summed E-state index contributed by atoms with van der Waals surface area (Å²) in [5.41, 5.74) is 1.32. The molecular weight excluding hydrogens is 338 g/mol. The first kappa shape index (κ1) is 17.3. The Bertz CT molecular complexity index is 862. The summed E-state index contributed by atoms with van der Waals surface area (Å²) in [5, 5.41) is 0.475. The van der Waals surface area contributed by atoms with E-state index in [1.165, 1.54) is 32.2 Å². The zero-order chi connectivity index (χ0) is 17.2. The highest BCUT2D eigenvalue weighted by Crippen LogP contribution is 2.32. The smallest absolute Gasteiger partial charge is 0.262 e. The molecule has 0 aliphatic heterocycles. The minimum absolute atomic E-state index is 0.000133. The van der Waals surface area contributed by atoms with Crippen LogP contribution in [0.25, 0.3) is 0 Å². The Hall–Kier alpha value is -2.05. The monoisotopic (exact) mass is 353 g/mol. The molecule has 0 aliphatic rings. The van der Waals surface area contributed by atoms with E-state index in [0.717, 1.165) is 0 Å². The van der Waals surface area contributed by atoms with Crippen molar-refractivity contribution in [3.63, 3.8) is 0 Å². The van der Waals surface area contributed by atoms with Crippen LogP contribution >= 0.6 is 11.6 Å². The molecule has 2 aromatic carbocycles. The van der Waals surface area contributed by atoms with Gasteiger partial charge in [0.1, 0.15) is 5.75 Å². The molecule has 0 radical (unpaired) electrons. The second kappa shape index (κ2) is 6.60. The lowest BCUT2D eigenvalue weighted by molar-refractivity contribution is 0.101. The Kier molecular flexibility index (Phi) is 4.97. The lowest BCUT2D eigenvalue weighted by Crippen LogP contribution is -2.14. The number of methoxy groups -OCH3 is 1. The summed E-state index contributed by atoms with van der Waals surface area (Å²) in [6, 6.07) is 8.97. The SMILES string of the molecule is COc1cc(Cl)c(C)cc1NS(=O)(=O)c1cccc(C(C)=O)c1. The van der Waals surface area contributed by atoms with E-state index in [1.54, 1.807) is 25.1 Å². The van der Waals surface area contributed by atoms with Crippen molar-refractivity contribution in [2.24, 2.45) is 0 Å². The van der Waals surface area contributed by atoms with Gasteiger partial charge in [-0.2, -0.15) is 0 Å². The van der Waals surface area contributed by atoms with Gasteiger partial charge >= 0.3 is 0 Å². The molecule has 0 aliphatic carbocycles. The first-order valence-corrected chi connectivity index (χ1v) is 8.58. The highest BCUT2D eigenvalue weighted by atomic mass is 35.5. The van der Waals surface area contributed by atoms with Gasteiger partial charge in [0.15, 0.2) is 5.78 Å². The fourth-order valence-electron chi connectivity index (χ4n) is 2.00. The molecule has 2 rings (SSSR count). The number of Topliss-reactive ketones (excluding diaryl/α,β-unsaturated/α-hetero) is 1. The molecule has 2 aromatic rings. The summed E-state index contributed by atoms with van der Waals surface area (Å²) < 4.78 is 32.7. The molecule has 5 nitrogen and oxygen atoms in total. The molecule has 0 fully saturated rings. The number of benzene rings is 2. The van der Waals surface area contributed by atoms with E-state index in [2.05, 4.69) is 4.72 Å². The second-order valence-corrected chi connectivity index (χ2v) is 7.08. The number of halogens is 1. The van der Waals surface area contributed by atoms with Gasteiger partial charge in [-0.15, -0.1) is 0 Å². The molecule has 0 saturated carbocycles. The zero-order valence-electron chi connectivity index (χ0n) is 12.9. The topological polar surface area (TPSA) is 72.5 Å². The number of hydrogen-bond donors (Lipinski definition) is 1. The molecule has 0 heterocycles. The molecule has 0 spiro atoms. The number of sulfonamides is 1. The number of rotatable bonds is 5. The Morgan fingerprint density at radius 2 is 1.91 bits per heavy atom. The van der Waals surface area contributed by atoms with Crippen molar-refractivity contribution in [2.45, 2.75) is 18.7 Å². The van der Waals surface area contributed by atoms with Crippen LogP contribution in [-0.2, 0) is 10.0 Å². The lowest BCUT2D eigenvalue weighted by atomic mass is 10.2. The van der Waals surface area contributed by atoms with Gasteiger partial charge in [0.05, 0.1) is 17.7 Å². The normalized spacial score (nSPS) is 11.1. The molecule has 0 unspecified atom stereocenters. The van der Waals surface area contributed by atoms with E-state index in [4.69, 9.17) is 16.3 Å². The third-order valence-electron chi connectivity index (χ3n) is 3.28. The Balaban J connectivity index is 2.45. The number of ketones is 1. The molecule has 1 N–H and O–H groups in total. The van der Waals surface area contributed by atoms with E-state index < -0.39 is 10.0 Å². The first-order valence-electron chi connectivity index (χ1n) is 6.72. The number of carbonyl (C=O) groups excluding carboxylic acids is 1. The third-order valence-corrected chi connectivity index (χ3v) is 5.05. The van der Waals surface area contributed by atoms with Crippen molar-refractivity contribution in [3.8, 4) is 5.75 Å². The standard InChI is InChI=1S/C16H16ClNO4S/c1-10-7-15(16(22-3)9-14(10)17)18-23(20,21)13-6-4-5-12(8-13)11(2)19/h4-9,18H,1-3H3. The Morgan fingerprint density at radius 3 is 2.52 bits per heavy atom. The summed E-state index contributed by atoms with van der Waals surface area (Å²) in [7, 11) is -2.43. The zero-order valence-corrected chi connectivity index (χ0v) is 14.5. The van der Waals surface area contributed by atoms with Gasteiger partial charge in [-0.3, -0.25) is 9.52 Å². The minimum atomic E-state index is -3.86. The second-order valence-electron chi connectivity index (χ2n) is 4.99. The van der Waals surface area contributed by atoms with Crippen molar-refractivity contribution < 1.29 is 17.9 Å². The van der Waals surface area contributed by atoms with Gasteiger partial charge in [-0.25, -0.2) is 8.42 Å². The predicted molar refractivity (Wildman–Crippen MR) is 90.0 cm³/mol. The molecule has 0 aromatic heterocycles. The summed E-state index contributed by atoms with van der Waals surface area (Å²) in [6.45, 7) is 3.14.